The van der Waals surface area contributed by atoms with Crippen molar-refractivity contribution in [2.24, 2.45) is 11.8 Å². The summed E-state index contributed by atoms with van der Waals surface area (Å²) in [6.45, 7) is 0. The summed E-state index contributed by atoms with van der Waals surface area (Å²) in [6.07, 6.45) is 8.82. The molecule has 3 aliphatic carbocycles. The molecule has 3 aromatic rings. The van der Waals surface area contributed by atoms with Crippen LogP contribution < -0.4 is 18.5 Å². The molecule has 3 aromatic carbocycles. The number of fused-ring (bicyclic) bond motifs is 6. The van der Waals surface area contributed by atoms with Crippen LogP contribution in [0.4, 0.5) is 13.2 Å². The molecule has 8 nitrogen and oxygen atoms in total. The van der Waals surface area contributed by atoms with Gasteiger partial charge >= 0.3 is 23.3 Å². The SMILES string of the molecule is COc1ccc(C2=CC3CCCCC3C3=C2OP(=O)(NS(=O)(=O)C(F)(F)F)Oc2c(-c4ccc(OC)cc4)cc4c(c23)CCCC4)cc1. The van der Waals surface area contributed by atoms with Gasteiger partial charge in [-0.1, -0.05) is 47.7 Å². The molecule has 48 heavy (non-hydrogen) atoms. The highest BCUT2D eigenvalue weighted by Crippen LogP contribution is 2.63. The van der Waals surface area contributed by atoms with Crippen molar-refractivity contribution in [3.8, 4) is 28.4 Å². The third-order valence-electron chi connectivity index (χ3n) is 9.69. The molecule has 1 heterocycles. The quantitative estimate of drug-likeness (QED) is 0.257. The lowest BCUT2D eigenvalue weighted by Gasteiger charge is -2.38. The van der Waals surface area contributed by atoms with Crippen molar-refractivity contribution in [1.29, 1.82) is 0 Å². The van der Waals surface area contributed by atoms with Crippen LogP contribution in [0.3, 0.4) is 0 Å². The van der Waals surface area contributed by atoms with E-state index in [1.165, 1.54) is 18.7 Å². The van der Waals surface area contributed by atoms with Gasteiger partial charge in [-0.3, -0.25) is 0 Å². The van der Waals surface area contributed by atoms with Crippen molar-refractivity contribution in [3.05, 3.63) is 88.7 Å². The Hall–Kier alpha value is -3.73. The lowest BCUT2D eigenvalue weighted by molar-refractivity contribution is -0.0443. The molecule has 1 N–H and O–H groups in total. The Morgan fingerprint density at radius 3 is 2.12 bits per heavy atom. The number of sulfonamides is 1. The number of allylic oxidation sites excluding steroid dienone is 3. The first kappa shape index (κ1) is 32.8. The van der Waals surface area contributed by atoms with Crippen LogP contribution in [0.5, 0.6) is 17.2 Å². The van der Waals surface area contributed by atoms with Gasteiger partial charge in [-0.25, -0.2) is 13.0 Å². The summed E-state index contributed by atoms with van der Waals surface area (Å²) in [7, 11) is -8.41. The summed E-state index contributed by atoms with van der Waals surface area (Å²) < 4.78 is 106. The Balaban J connectivity index is 1.55. The topological polar surface area (TPSA) is 100 Å². The molecule has 4 aliphatic rings. The van der Waals surface area contributed by atoms with Crippen molar-refractivity contribution < 1.29 is 44.7 Å². The summed E-state index contributed by atoms with van der Waals surface area (Å²) in [5.41, 5.74) is -0.151. The maximum absolute atomic E-state index is 14.7. The molecular formula is C35H35F3NO7PS. The first-order valence-electron chi connectivity index (χ1n) is 16.0. The van der Waals surface area contributed by atoms with E-state index in [4.69, 9.17) is 18.5 Å². The maximum Gasteiger partial charge on any atom is 0.526 e. The standard InChI is InChI=1S/C35H35F3NO7PS/c1-43-25-15-11-21(12-16-25)29-19-23-7-3-5-9-27(23)31-32-28-10-6-4-8-24(28)20-30(22-13-17-26(44-2)18-14-22)34(32)46-47(40,45-33(29)31)39-48(41,42)35(36,37)38/h11-20,23,27H,3-10H2,1-2H3,(H,39,40). The molecule has 0 amide bonds. The summed E-state index contributed by atoms with van der Waals surface area (Å²) >= 11 is 0. The highest BCUT2D eigenvalue weighted by atomic mass is 32.2. The Morgan fingerprint density at radius 2 is 1.48 bits per heavy atom. The summed E-state index contributed by atoms with van der Waals surface area (Å²) in [5, 5.41) is 0. The van der Waals surface area contributed by atoms with E-state index in [1.54, 1.807) is 48.5 Å². The fourth-order valence-corrected chi connectivity index (χ4v) is 10.3. The van der Waals surface area contributed by atoms with Gasteiger partial charge in [0.15, 0.2) is 0 Å². The van der Waals surface area contributed by atoms with Crippen LogP contribution in [0, 0.1) is 11.8 Å². The van der Waals surface area contributed by atoms with Gasteiger partial charge in [-0.15, -0.1) is 0 Å². The van der Waals surface area contributed by atoms with Crippen molar-refractivity contribution >= 4 is 28.9 Å². The number of rotatable bonds is 6. The first-order chi connectivity index (χ1) is 22.9. The Labute approximate surface area is 277 Å². The second-order valence-corrected chi connectivity index (χ2v) is 16.1. The second-order valence-electron chi connectivity index (χ2n) is 12.5. The predicted octanol–water partition coefficient (Wildman–Crippen LogP) is 8.82. The highest BCUT2D eigenvalue weighted by molar-refractivity contribution is 7.95. The predicted molar refractivity (Wildman–Crippen MR) is 176 cm³/mol. The minimum absolute atomic E-state index is 0.0410. The third-order valence-corrected chi connectivity index (χ3v) is 13.0. The van der Waals surface area contributed by atoms with Gasteiger partial charge in [0.2, 0.25) is 0 Å². The average Bonchev–Trinajstić information content (AvgIpc) is 3.21. The molecule has 3 unspecified atom stereocenters. The Kier molecular flexibility index (Phi) is 8.41. The van der Waals surface area contributed by atoms with Crippen molar-refractivity contribution in [3.63, 3.8) is 0 Å². The number of halogens is 3. The van der Waals surface area contributed by atoms with Crippen LogP contribution in [0.25, 0.3) is 22.3 Å². The molecule has 13 heteroatoms. The summed E-state index contributed by atoms with van der Waals surface area (Å²) in [4.78, 5) is 0. The number of alkyl halides is 3. The molecular weight excluding hydrogens is 666 g/mol. The lowest BCUT2D eigenvalue weighted by Crippen LogP contribution is -2.36. The molecule has 1 aliphatic heterocycles. The fraction of sp³-hybridized carbons (Fsp3) is 0.371. The molecule has 7 rings (SSSR count). The molecule has 0 bridgehead atoms. The van der Waals surface area contributed by atoms with E-state index in [0.717, 1.165) is 56.1 Å². The number of hydrogen-bond donors (Lipinski definition) is 1. The van der Waals surface area contributed by atoms with Gasteiger partial charge in [0, 0.05) is 22.3 Å². The van der Waals surface area contributed by atoms with Crippen molar-refractivity contribution in [2.45, 2.75) is 56.9 Å². The van der Waals surface area contributed by atoms with Gasteiger partial charge in [-0.2, -0.15) is 13.2 Å². The number of aryl methyl sites for hydroxylation is 1. The molecule has 3 atom stereocenters. The van der Waals surface area contributed by atoms with Crippen molar-refractivity contribution in [2.75, 3.05) is 14.2 Å². The highest BCUT2D eigenvalue weighted by Gasteiger charge is 2.54. The Bertz CT molecular complexity index is 1970. The Morgan fingerprint density at radius 1 is 0.854 bits per heavy atom. The van der Waals surface area contributed by atoms with E-state index in [2.05, 4.69) is 0 Å². The summed E-state index contributed by atoms with van der Waals surface area (Å²) in [6, 6.07) is 16.1. The van der Waals surface area contributed by atoms with Gasteiger partial charge in [-0.05, 0) is 103 Å². The molecule has 0 spiro atoms. The smallest absolute Gasteiger partial charge is 0.497 e. The molecule has 1 fully saturated rings. The van der Waals surface area contributed by atoms with Crippen LogP contribution in [-0.2, 0) is 32.0 Å². The normalized spacial score (nSPS) is 23.6. The van der Waals surface area contributed by atoms with E-state index in [0.29, 0.717) is 51.3 Å². The van der Waals surface area contributed by atoms with Gasteiger partial charge in [0.1, 0.15) is 23.0 Å². The van der Waals surface area contributed by atoms with Gasteiger partial charge in [0.05, 0.1) is 14.2 Å². The number of ether oxygens (including phenoxy) is 2. The number of benzene rings is 3. The van der Waals surface area contributed by atoms with Gasteiger partial charge in [0.25, 0.3) is 0 Å². The van der Waals surface area contributed by atoms with Crippen LogP contribution in [0.1, 0.15) is 60.8 Å². The lowest BCUT2D eigenvalue weighted by atomic mass is 9.67. The molecule has 0 aromatic heterocycles. The second kappa shape index (κ2) is 12.3. The van der Waals surface area contributed by atoms with E-state index in [9.17, 15) is 26.2 Å². The molecule has 0 saturated heterocycles. The van der Waals surface area contributed by atoms with Crippen LogP contribution in [-0.4, -0.2) is 28.1 Å². The number of hydrogen-bond acceptors (Lipinski definition) is 7. The zero-order chi connectivity index (χ0) is 33.8. The first-order valence-corrected chi connectivity index (χ1v) is 19.0. The van der Waals surface area contributed by atoms with E-state index < -0.39 is 23.3 Å². The summed E-state index contributed by atoms with van der Waals surface area (Å²) in [5.74, 6) is 1.22. The zero-order valence-electron chi connectivity index (χ0n) is 26.4. The minimum atomic E-state index is -6.17. The third kappa shape index (κ3) is 5.81. The van der Waals surface area contributed by atoms with E-state index in [-0.39, 0.29) is 23.3 Å². The van der Waals surface area contributed by atoms with Crippen LogP contribution in [0.15, 0.2) is 66.4 Å². The van der Waals surface area contributed by atoms with Crippen LogP contribution >= 0.6 is 7.75 Å². The maximum atomic E-state index is 14.7. The average molecular weight is 702 g/mol. The molecule has 0 radical (unpaired) electrons. The van der Waals surface area contributed by atoms with Gasteiger partial charge < -0.3 is 18.5 Å². The largest absolute Gasteiger partial charge is 0.526 e. The zero-order valence-corrected chi connectivity index (χ0v) is 28.1. The minimum Gasteiger partial charge on any atom is -0.497 e. The number of nitrogens with one attached hydrogen (secondary N) is 1. The van der Waals surface area contributed by atoms with Crippen molar-refractivity contribution in [1.82, 2.24) is 4.49 Å². The monoisotopic (exact) mass is 701 g/mol. The van der Waals surface area contributed by atoms with E-state index >= 15 is 0 Å². The van der Waals surface area contributed by atoms with Crippen LogP contribution in [0.2, 0.25) is 0 Å². The molecule has 254 valence electrons. The van der Waals surface area contributed by atoms with E-state index in [1.807, 2.05) is 12.1 Å². The molecule has 1 saturated carbocycles. The number of methoxy groups -OCH3 is 2. The fourth-order valence-electron chi connectivity index (χ4n) is 7.46.